The Balaban J connectivity index is 1.47. The molecular weight excluding hydrogens is 436 g/mol. The highest BCUT2D eigenvalue weighted by atomic mass is 16.5. The van der Waals surface area contributed by atoms with Crippen LogP contribution in [0.4, 0.5) is 0 Å². The van der Waals surface area contributed by atoms with Crippen molar-refractivity contribution in [2.75, 3.05) is 19.8 Å². The fourth-order valence-corrected chi connectivity index (χ4v) is 4.43. The van der Waals surface area contributed by atoms with E-state index in [-0.39, 0.29) is 0 Å². The van der Waals surface area contributed by atoms with Crippen LogP contribution in [0, 0.1) is 0 Å². The molecule has 1 aliphatic heterocycles. The van der Waals surface area contributed by atoms with Crippen molar-refractivity contribution >= 4 is 0 Å². The summed E-state index contributed by atoms with van der Waals surface area (Å²) in [4.78, 5) is 0. The topological polar surface area (TPSA) is 109 Å². The molecule has 2 aromatic carbocycles. The van der Waals surface area contributed by atoms with E-state index >= 15 is 0 Å². The molecule has 5 atom stereocenters. The molecule has 1 saturated heterocycles. The van der Waals surface area contributed by atoms with Crippen LogP contribution in [0.25, 0.3) is 0 Å². The summed E-state index contributed by atoms with van der Waals surface area (Å²) in [6.45, 7) is 4.96. The predicted octanol–water partition coefficient (Wildman–Crippen LogP) is 2.47. The van der Waals surface area contributed by atoms with E-state index in [1.807, 2.05) is 42.5 Å². The van der Waals surface area contributed by atoms with E-state index in [2.05, 4.69) is 13.8 Å². The zero-order chi connectivity index (χ0) is 24.2. The highest BCUT2D eigenvalue weighted by Gasteiger charge is 2.44. The molecule has 2 aliphatic rings. The third kappa shape index (κ3) is 5.97. The van der Waals surface area contributed by atoms with E-state index in [4.69, 9.17) is 14.2 Å². The predicted molar refractivity (Wildman–Crippen MR) is 127 cm³/mol. The minimum Gasteiger partial charge on any atom is -0.491 e. The summed E-state index contributed by atoms with van der Waals surface area (Å²) in [7, 11) is 0. The van der Waals surface area contributed by atoms with Gasteiger partial charge in [-0.1, -0.05) is 44.2 Å². The molecule has 0 spiro atoms. The molecule has 34 heavy (non-hydrogen) atoms. The summed E-state index contributed by atoms with van der Waals surface area (Å²) in [6, 6.07) is 13.9. The number of hydrogen-bond donors (Lipinski definition) is 4. The lowest BCUT2D eigenvalue weighted by atomic mass is 9.87. The normalized spacial score (nSPS) is 27.2. The summed E-state index contributed by atoms with van der Waals surface area (Å²) >= 11 is 0. The van der Waals surface area contributed by atoms with Crippen LogP contribution >= 0.6 is 0 Å². The van der Waals surface area contributed by atoms with Crippen molar-refractivity contribution in [3.05, 3.63) is 64.7 Å². The van der Waals surface area contributed by atoms with Gasteiger partial charge in [-0.15, -0.1) is 0 Å². The van der Waals surface area contributed by atoms with Crippen molar-refractivity contribution in [1.29, 1.82) is 0 Å². The second-order valence-corrected chi connectivity index (χ2v) is 9.60. The van der Waals surface area contributed by atoms with Gasteiger partial charge in [-0.25, -0.2) is 0 Å². The largest absolute Gasteiger partial charge is 0.491 e. The van der Waals surface area contributed by atoms with Crippen LogP contribution in [0.3, 0.4) is 0 Å². The molecule has 4 N–H and O–H groups in total. The maximum Gasteiger partial charge on any atom is 0.119 e. The summed E-state index contributed by atoms with van der Waals surface area (Å²) in [5.74, 6) is 1.11. The van der Waals surface area contributed by atoms with Crippen LogP contribution in [0.2, 0.25) is 0 Å². The van der Waals surface area contributed by atoms with E-state index in [1.54, 1.807) is 0 Å². The highest BCUT2D eigenvalue weighted by Crippen LogP contribution is 2.35. The molecule has 0 unspecified atom stereocenters. The molecule has 2 fully saturated rings. The Hall–Kier alpha value is -2.00. The standard InChI is InChI=1S/C27H36O7/c1-16(2)22-10-5-18(27-26(31)25(30)24(29)23(15-28)34-27)14-19(22)13-17-3-6-20(7-4-17)32-11-12-33-21-8-9-21/h3-7,10,14,16,21,23-31H,8-9,11-13,15H2,1-2H3/t23-,24-,25+,26-,27+/m1/s1. The van der Waals surface area contributed by atoms with Gasteiger partial charge < -0.3 is 34.6 Å². The van der Waals surface area contributed by atoms with Crippen molar-refractivity contribution in [2.24, 2.45) is 0 Å². The summed E-state index contributed by atoms with van der Waals surface area (Å²) < 4.78 is 17.1. The van der Waals surface area contributed by atoms with Crippen molar-refractivity contribution < 1.29 is 34.6 Å². The number of aliphatic hydroxyl groups excluding tert-OH is 4. The van der Waals surface area contributed by atoms with Gasteiger partial charge in [0, 0.05) is 0 Å². The van der Waals surface area contributed by atoms with Gasteiger partial charge in [-0.05, 0) is 59.6 Å². The Labute approximate surface area is 200 Å². The molecule has 4 rings (SSSR count). The quantitative estimate of drug-likeness (QED) is 0.394. The van der Waals surface area contributed by atoms with E-state index in [0.29, 0.717) is 37.2 Å². The third-order valence-electron chi connectivity index (χ3n) is 6.56. The smallest absolute Gasteiger partial charge is 0.119 e. The van der Waals surface area contributed by atoms with Crippen LogP contribution in [0.5, 0.6) is 5.75 Å². The fraction of sp³-hybridized carbons (Fsp3) is 0.556. The van der Waals surface area contributed by atoms with Gasteiger partial charge in [-0.2, -0.15) is 0 Å². The molecule has 1 saturated carbocycles. The summed E-state index contributed by atoms with van der Waals surface area (Å²) in [6.07, 6.45) is -2.41. The van der Waals surface area contributed by atoms with Gasteiger partial charge in [-0.3, -0.25) is 0 Å². The molecule has 0 bridgehead atoms. The zero-order valence-corrected chi connectivity index (χ0v) is 19.8. The van der Waals surface area contributed by atoms with E-state index in [1.165, 1.54) is 5.56 Å². The van der Waals surface area contributed by atoms with Gasteiger partial charge in [0.2, 0.25) is 0 Å². The van der Waals surface area contributed by atoms with Gasteiger partial charge in [0.1, 0.15) is 42.9 Å². The Morgan fingerprint density at radius 3 is 2.32 bits per heavy atom. The Morgan fingerprint density at radius 1 is 0.941 bits per heavy atom. The fourth-order valence-electron chi connectivity index (χ4n) is 4.43. The van der Waals surface area contributed by atoms with E-state index in [9.17, 15) is 20.4 Å². The van der Waals surface area contributed by atoms with Crippen molar-refractivity contribution in [3.8, 4) is 5.75 Å². The Morgan fingerprint density at radius 2 is 1.68 bits per heavy atom. The number of rotatable bonds is 10. The van der Waals surface area contributed by atoms with Gasteiger partial charge in [0.15, 0.2) is 0 Å². The number of benzene rings is 2. The lowest BCUT2D eigenvalue weighted by Crippen LogP contribution is -2.55. The second kappa shape index (κ2) is 11.2. The lowest BCUT2D eigenvalue weighted by molar-refractivity contribution is -0.231. The van der Waals surface area contributed by atoms with Gasteiger partial charge in [0.05, 0.1) is 19.3 Å². The molecular formula is C27H36O7. The van der Waals surface area contributed by atoms with Gasteiger partial charge >= 0.3 is 0 Å². The molecule has 0 amide bonds. The summed E-state index contributed by atoms with van der Waals surface area (Å²) in [5, 5.41) is 40.4. The van der Waals surface area contributed by atoms with Crippen LogP contribution in [0.1, 0.15) is 61.0 Å². The molecule has 2 aromatic rings. The first-order valence-corrected chi connectivity index (χ1v) is 12.1. The maximum absolute atomic E-state index is 10.5. The molecule has 186 valence electrons. The van der Waals surface area contributed by atoms with Gasteiger partial charge in [0.25, 0.3) is 0 Å². The number of ether oxygens (including phenoxy) is 3. The zero-order valence-electron chi connectivity index (χ0n) is 19.8. The van der Waals surface area contributed by atoms with Crippen LogP contribution in [-0.2, 0) is 15.9 Å². The minimum absolute atomic E-state index is 0.299. The van der Waals surface area contributed by atoms with Crippen LogP contribution in [-0.4, -0.2) is 70.8 Å². The minimum atomic E-state index is -1.40. The first-order chi connectivity index (χ1) is 16.4. The van der Waals surface area contributed by atoms with Crippen molar-refractivity contribution in [3.63, 3.8) is 0 Å². The van der Waals surface area contributed by atoms with E-state index < -0.39 is 37.1 Å². The van der Waals surface area contributed by atoms with Crippen LogP contribution in [0.15, 0.2) is 42.5 Å². The second-order valence-electron chi connectivity index (χ2n) is 9.60. The average Bonchev–Trinajstić information content (AvgIpc) is 3.66. The lowest BCUT2D eigenvalue weighted by Gasteiger charge is -2.40. The molecule has 7 heteroatoms. The average molecular weight is 473 g/mol. The molecule has 0 aromatic heterocycles. The van der Waals surface area contributed by atoms with Crippen molar-refractivity contribution in [2.45, 2.75) is 75.7 Å². The first kappa shape index (κ1) is 25.1. The maximum atomic E-state index is 10.5. The monoisotopic (exact) mass is 472 g/mol. The Kier molecular flexibility index (Phi) is 8.24. The number of hydrogen-bond acceptors (Lipinski definition) is 7. The first-order valence-electron chi connectivity index (χ1n) is 12.1. The van der Waals surface area contributed by atoms with Crippen LogP contribution < -0.4 is 4.74 Å². The Bertz CT molecular complexity index is 923. The highest BCUT2D eigenvalue weighted by molar-refractivity contribution is 5.40. The van der Waals surface area contributed by atoms with E-state index in [0.717, 1.165) is 29.7 Å². The number of aliphatic hydroxyl groups is 4. The molecule has 7 nitrogen and oxygen atoms in total. The third-order valence-corrected chi connectivity index (χ3v) is 6.56. The molecule has 1 aliphatic carbocycles. The van der Waals surface area contributed by atoms with Crippen molar-refractivity contribution in [1.82, 2.24) is 0 Å². The summed E-state index contributed by atoms with van der Waals surface area (Å²) in [5.41, 5.74) is 4.10. The molecule has 1 heterocycles. The SMILES string of the molecule is CC(C)c1ccc([C@@H]2O[C@H](CO)[C@@H](O)[C@H](O)[C@H]2O)cc1Cc1ccc(OCCOC2CC2)cc1. The molecule has 0 radical (unpaired) electrons.